The zero-order valence-electron chi connectivity index (χ0n) is 20.9. The summed E-state index contributed by atoms with van der Waals surface area (Å²) in [4.78, 5) is 13.6. The monoisotopic (exact) mass is 557 g/mol. The fourth-order valence-electron chi connectivity index (χ4n) is 4.09. The van der Waals surface area contributed by atoms with E-state index in [0.717, 1.165) is 24.3 Å². The zero-order chi connectivity index (χ0) is 28.5. The topological polar surface area (TPSA) is 64.9 Å². The summed E-state index contributed by atoms with van der Waals surface area (Å²) >= 11 is 0. The molecule has 2 aromatic heterocycles. The smallest absolute Gasteiger partial charge is 0.416 e. The van der Waals surface area contributed by atoms with Gasteiger partial charge in [-0.3, -0.25) is 0 Å². The molecule has 0 saturated carbocycles. The molecule has 1 N–H and O–H groups in total. The van der Waals surface area contributed by atoms with Crippen molar-refractivity contribution in [1.82, 2.24) is 19.5 Å². The first-order valence-electron chi connectivity index (χ1n) is 11.9. The predicted molar refractivity (Wildman–Crippen MR) is 137 cm³/mol. The lowest BCUT2D eigenvalue weighted by molar-refractivity contribution is -0.138. The van der Waals surface area contributed by atoms with Gasteiger partial charge in [-0.2, -0.15) is 26.3 Å². The van der Waals surface area contributed by atoms with Crippen LogP contribution in [0.2, 0.25) is 0 Å². The van der Waals surface area contributed by atoms with Crippen LogP contribution in [-0.2, 0) is 25.4 Å². The van der Waals surface area contributed by atoms with Gasteiger partial charge in [0, 0.05) is 12.1 Å². The first-order valence-corrected chi connectivity index (χ1v) is 11.9. The number of nitrogens with zero attached hydrogens (tertiary/aromatic N) is 4. The van der Waals surface area contributed by atoms with E-state index in [1.807, 2.05) is 0 Å². The first kappa shape index (κ1) is 27.0. The maximum atomic E-state index is 13.2. The number of rotatable bonds is 7. The third kappa shape index (κ3) is 5.85. The molecule has 2 heterocycles. The number of fused-ring (bicyclic) bond motifs is 1. The molecular weight excluding hydrogens is 536 g/mol. The second-order valence-electron chi connectivity index (χ2n) is 8.92. The van der Waals surface area contributed by atoms with Crippen LogP contribution in [0.25, 0.3) is 22.6 Å². The van der Waals surface area contributed by atoms with E-state index in [1.165, 1.54) is 31.6 Å². The van der Waals surface area contributed by atoms with Gasteiger partial charge in [-0.1, -0.05) is 24.3 Å². The molecule has 0 aliphatic rings. The number of nitrogens with one attached hydrogen (secondary N) is 1. The van der Waals surface area contributed by atoms with Gasteiger partial charge in [0.05, 0.1) is 31.1 Å². The highest BCUT2D eigenvalue weighted by molar-refractivity contribution is 5.85. The summed E-state index contributed by atoms with van der Waals surface area (Å²) in [5.41, 5.74) is 0.860. The zero-order valence-corrected chi connectivity index (χ0v) is 20.9. The minimum Gasteiger partial charge on any atom is -0.497 e. The summed E-state index contributed by atoms with van der Waals surface area (Å²) in [6, 6.07) is 16.7. The number of benzene rings is 3. The number of hydrogen-bond donors (Lipinski definition) is 1. The summed E-state index contributed by atoms with van der Waals surface area (Å²) in [6.45, 7) is 0.213. The van der Waals surface area contributed by atoms with Gasteiger partial charge < -0.3 is 14.6 Å². The van der Waals surface area contributed by atoms with Crippen LogP contribution in [0.1, 0.15) is 22.3 Å². The molecule has 12 heteroatoms. The second-order valence-corrected chi connectivity index (χ2v) is 8.92. The lowest BCUT2D eigenvalue weighted by Gasteiger charge is -2.12. The van der Waals surface area contributed by atoms with Crippen LogP contribution in [0.5, 0.6) is 5.75 Å². The minimum absolute atomic E-state index is 0.0316. The Morgan fingerprint density at radius 2 is 1.50 bits per heavy atom. The van der Waals surface area contributed by atoms with Gasteiger partial charge >= 0.3 is 12.4 Å². The average Bonchev–Trinajstić information content (AvgIpc) is 3.34. The van der Waals surface area contributed by atoms with Crippen molar-refractivity contribution in [2.24, 2.45) is 0 Å². The van der Waals surface area contributed by atoms with Gasteiger partial charge in [0.25, 0.3) is 0 Å². The molecule has 0 atom stereocenters. The first-order chi connectivity index (χ1) is 19.0. The molecule has 0 aliphatic heterocycles. The Morgan fingerprint density at radius 3 is 2.15 bits per heavy atom. The third-order valence-electron chi connectivity index (χ3n) is 6.16. The lowest BCUT2D eigenvalue weighted by Crippen LogP contribution is -2.08. The standard InChI is InChI=1S/C28H21F6N5O/c1-40-22-11-7-19(8-12-22)24-37-25(35-14-18-3-2-4-21(13-18)28(32,33)34)23-26(38-24)39(16-36-23)15-17-5-9-20(10-6-17)27(29,30)31/h2-13,16H,14-15H2,1H3,(H,35,37,38). The van der Waals surface area contributed by atoms with Crippen molar-refractivity contribution in [2.45, 2.75) is 25.4 Å². The number of alkyl halides is 6. The van der Waals surface area contributed by atoms with Crippen molar-refractivity contribution in [3.63, 3.8) is 0 Å². The minimum atomic E-state index is -4.48. The number of hydrogen-bond acceptors (Lipinski definition) is 5. The summed E-state index contributed by atoms with van der Waals surface area (Å²) < 4.78 is 85.3. The van der Waals surface area contributed by atoms with Gasteiger partial charge in [-0.15, -0.1) is 0 Å². The van der Waals surface area contributed by atoms with Crippen molar-refractivity contribution in [3.8, 4) is 17.1 Å². The predicted octanol–water partition coefficient (Wildman–Crippen LogP) is 7.20. The van der Waals surface area contributed by atoms with E-state index in [-0.39, 0.29) is 13.1 Å². The van der Waals surface area contributed by atoms with Crippen LogP contribution in [0.15, 0.2) is 79.1 Å². The number of imidazole rings is 1. The Kier molecular flexibility index (Phi) is 7.09. The summed E-state index contributed by atoms with van der Waals surface area (Å²) in [6.07, 6.45) is -7.43. The van der Waals surface area contributed by atoms with E-state index in [1.54, 1.807) is 34.9 Å². The third-order valence-corrected chi connectivity index (χ3v) is 6.16. The summed E-state index contributed by atoms with van der Waals surface area (Å²) in [5, 5.41) is 3.07. The largest absolute Gasteiger partial charge is 0.497 e. The highest BCUT2D eigenvalue weighted by atomic mass is 19.4. The molecule has 206 valence electrons. The molecule has 5 aromatic rings. The number of aromatic nitrogens is 4. The summed E-state index contributed by atoms with van der Waals surface area (Å²) in [7, 11) is 1.53. The molecule has 3 aromatic carbocycles. The van der Waals surface area contributed by atoms with Crippen LogP contribution >= 0.6 is 0 Å². The highest BCUT2D eigenvalue weighted by Crippen LogP contribution is 2.31. The molecule has 0 unspecified atom stereocenters. The van der Waals surface area contributed by atoms with E-state index < -0.39 is 23.5 Å². The Hall–Kier alpha value is -4.61. The Morgan fingerprint density at radius 1 is 0.800 bits per heavy atom. The lowest BCUT2D eigenvalue weighted by atomic mass is 10.1. The molecule has 5 rings (SSSR count). The van der Waals surface area contributed by atoms with E-state index >= 15 is 0 Å². The maximum absolute atomic E-state index is 13.2. The molecule has 0 fully saturated rings. The van der Waals surface area contributed by atoms with Crippen LogP contribution in [0, 0.1) is 0 Å². The molecule has 0 amide bonds. The fraction of sp³-hybridized carbons (Fsp3) is 0.179. The Bertz CT molecular complexity index is 1630. The van der Waals surface area contributed by atoms with Crippen LogP contribution in [-0.4, -0.2) is 26.6 Å². The molecular formula is C28H21F6N5O. The molecule has 0 bridgehead atoms. The van der Waals surface area contributed by atoms with E-state index in [9.17, 15) is 26.3 Å². The number of ether oxygens (including phenoxy) is 1. The van der Waals surface area contributed by atoms with Gasteiger partial charge in [0.2, 0.25) is 0 Å². The van der Waals surface area contributed by atoms with Gasteiger partial charge in [-0.25, -0.2) is 15.0 Å². The van der Waals surface area contributed by atoms with Crippen molar-refractivity contribution in [1.29, 1.82) is 0 Å². The van der Waals surface area contributed by atoms with Crippen LogP contribution < -0.4 is 10.1 Å². The van der Waals surface area contributed by atoms with Gasteiger partial charge in [0.15, 0.2) is 17.3 Å². The van der Waals surface area contributed by atoms with Crippen LogP contribution in [0.3, 0.4) is 0 Å². The van der Waals surface area contributed by atoms with Crippen LogP contribution in [0.4, 0.5) is 32.2 Å². The molecule has 0 saturated heterocycles. The number of anilines is 1. The average molecular weight is 557 g/mol. The number of methoxy groups -OCH3 is 1. The molecule has 6 nitrogen and oxygen atoms in total. The molecule has 0 radical (unpaired) electrons. The Labute approximate surface area is 224 Å². The summed E-state index contributed by atoms with van der Waals surface area (Å²) in [5.74, 6) is 1.23. The maximum Gasteiger partial charge on any atom is 0.416 e. The molecule has 40 heavy (non-hydrogen) atoms. The molecule has 0 aliphatic carbocycles. The number of halogens is 6. The van der Waals surface area contributed by atoms with Crippen molar-refractivity contribution in [3.05, 3.63) is 101 Å². The highest BCUT2D eigenvalue weighted by Gasteiger charge is 2.31. The Balaban J connectivity index is 1.51. The van der Waals surface area contributed by atoms with E-state index in [0.29, 0.717) is 45.2 Å². The molecule has 0 spiro atoms. The fourth-order valence-corrected chi connectivity index (χ4v) is 4.09. The van der Waals surface area contributed by atoms with Crippen molar-refractivity contribution < 1.29 is 31.1 Å². The second kappa shape index (κ2) is 10.5. The normalized spacial score (nSPS) is 12.1. The van der Waals surface area contributed by atoms with E-state index in [2.05, 4.69) is 20.3 Å². The van der Waals surface area contributed by atoms with E-state index in [4.69, 9.17) is 4.74 Å². The van der Waals surface area contributed by atoms with Gasteiger partial charge in [-0.05, 0) is 59.7 Å². The van der Waals surface area contributed by atoms with Crippen molar-refractivity contribution >= 4 is 17.0 Å². The van der Waals surface area contributed by atoms with Gasteiger partial charge in [0.1, 0.15) is 11.3 Å². The van der Waals surface area contributed by atoms with Crippen molar-refractivity contribution in [2.75, 3.05) is 12.4 Å². The quantitative estimate of drug-likeness (QED) is 0.215. The SMILES string of the molecule is COc1ccc(-c2nc(NCc3cccc(C(F)(F)F)c3)c3ncn(Cc4ccc(C(F)(F)F)cc4)c3n2)cc1.